The third-order valence-electron chi connectivity index (χ3n) is 3.25. The molecule has 0 aliphatic carbocycles. The van der Waals surface area contributed by atoms with Crippen molar-refractivity contribution in [1.29, 1.82) is 0 Å². The van der Waals surface area contributed by atoms with Gasteiger partial charge in [-0.25, -0.2) is 4.98 Å². The fraction of sp³-hybridized carbons (Fsp3) is 0.0667. The molecule has 0 bridgehead atoms. The van der Waals surface area contributed by atoms with E-state index in [0.29, 0.717) is 17.0 Å². The first-order chi connectivity index (χ1) is 9.81. The summed E-state index contributed by atoms with van der Waals surface area (Å²) in [6, 6.07) is 12.4. The van der Waals surface area contributed by atoms with Gasteiger partial charge in [-0.15, -0.1) is 0 Å². The standard InChI is InChI=1S/C15H10N3O2/c19-15-13(20-12-4-2-1-3-11(12)18-15)10-7-9-5-6-16-14(9)17-8-10/h1-6,8,13H,(H,16,17)(H,18,19). The highest BCUT2D eigenvalue weighted by Crippen LogP contribution is 2.34. The largest absolute Gasteiger partial charge is 0.474 e. The van der Waals surface area contributed by atoms with Crippen molar-refractivity contribution in [2.75, 3.05) is 5.32 Å². The van der Waals surface area contributed by atoms with Gasteiger partial charge in [-0.1, -0.05) is 12.1 Å². The van der Waals surface area contributed by atoms with Crippen LogP contribution in [0.15, 0.2) is 42.7 Å². The van der Waals surface area contributed by atoms with Gasteiger partial charge in [0.15, 0.2) is 0 Å². The first-order valence-corrected chi connectivity index (χ1v) is 6.23. The SMILES string of the molecule is O=C1Nc2ccccc2OC1c1[c]c2cc[nH]c2nc1. The number of pyridine rings is 1. The Bertz CT molecular complexity index is 809. The monoisotopic (exact) mass is 264 g/mol. The van der Waals surface area contributed by atoms with Crippen molar-refractivity contribution in [2.45, 2.75) is 6.10 Å². The highest BCUT2D eigenvalue weighted by Gasteiger charge is 2.29. The zero-order valence-electron chi connectivity index (χ0n) is 10.4. The van der Waals surface area contributed by atoms with Gasteiger partial charge in [0, 0.05) is 29.4 Å². The number of benzene rings is 1. The molecule has 1 aliphatic rings. The van der Waals surface area contributed by atoms with Gasteiger partial charge in [0.2, 0.25) is 6.10 Å². The number of nitrogens with zero attached hydrogens (tertiary/aromatic N) is 1. The molecule has 2 aromatic heterocycles. The maximum absolute atomic E-state index is 12.1. The van der Waals surface area contributed by atoms with Crippen LogP contribution in [-0.2, 0) is 4.79 Å². The molecule has 5 heteroatoms. The average Bonchev–Trinajstić information content (AvgIpc) is 2.94. The van der Waals surface area contributed by atoms with Gasteiger partial charge >= 0.3 is 0 Å². The molecular formula is C15H10N3O2. The minimum absolute atomic E-state index is 0.211. The zero-order valence-corrected chi connectivity index (χ0v) is 10.4. The Kier molecular flexibility index (Phi) is 2.26. The lowest BCUT2D eigenvalue weighted by Gasteiger charge is -2.25. The molecule has 1 radical (unpaired) electrons. The molecule has 0 saturated carbocycles. The summed E-state index contributed by atoms with van der Waals surface area (Å²) in [6.45, 7) is 0. The Morgan fingerprint density at radius 2 is 2.15 bits per heavy atom. The smallest absolute Gasteiger partial charge is 0.270 e. The summed E-state index contributed by atoms with van der Waals surface area (Å²) in [5.74, 6) is 0.441. The van der Waals surface area contributed by atoms with E-state index in [9.17, 15) is 4.79 Å². The Morgan fingerprint density at radius 1 is 1.25 bits per heavy atom. The van der Waals surface area contributed by atoms with Crippen LogP contribution in [0.25, 0.3) is 11.0 Å². The van der Waals surface area contributed by atoms with Gasteiger partial charge in [0.25, 0.3) is 5.91 Å². The highest BCUT2D eigenvalue weighted by atomic mass is 16.5. The molecule has 0 saturated heterocycles. The summed E-state index contributed by atoms with van der Waals surface area (Å²) in [5.41, 5.74) is 2.04. The number of para-hydroxylation sites is 2. The number of rotatable bonds is 1. The zero-order chi connectivity index (χ0) is 13.5. The van der Waals surface area contributed by atoms with Crippen LogP contribution in [-0.4, -0.2) is 15.9 Å². The quantitative estimate of drug-likeness (QED) is 0.709. The maximum Gasteiger partial charge on any atom is 0.270 e. The van der Waals surface area contributed by atoms with E-state index in [0.717, 1.165) is 11.0 Å². The summed E-state index contributed by atoms with van der Waals surface area (Å²) in [6.07, 6.45) is 2.67. The van der Waals surface area contributed by atoms with Crippen molar-refractivity contribution in [3.05, 3.63) is 54.4 Å². The second-order valence-electron chi connectivity index (χ2n) is 4.56. The number of aromatic nitrogens is 2. The van der Waals surface area contributed by atoms with Gasteiger partial charge in [0.1, 0.15) is 11.4 Å². The summed E-state index contributed by atoms with van der Waals surface area (Å²) in [5, 5.41) is 3.66. The van der Waals surface area contributed by atoms with Crippen LogP contribution >= 0.6 is 0 Å². The normalized spacial score (nSPS) is 17.4. The van der Waals surface area contributed by atoms with Crippen molar-refractivity contribution in [2.24, 2.45) is 0 Å². The number of anilines is 1. The summed E-state index contributed by atoms with van der Waals surface area (Å²) in [4.78, 5) is 19.4. The third-order valence-corrected chi connectivity index (χ3v) is 3.25. The molecule has 1 unspecified atom stereocenters. The Balaban J connectivity index is 1.76. The van der Waals surface area contributed by atoms with E-state index < -0.39 is 6.10 Å². The van der Waals surface area contributed by atoms with Crippen molar-refractivity contribution in [3.8, 4) is 5.75 Å². The minimum Gasteiger partial charge on any atom is -0.474 e. The highest BCUT2D eigenvalue weighted by molar-refractivity contribution is 5.98. The predicted molar refractivity (Wildman–Crippen MR) is 73.4 cm³/mol. The van der Waals surface area contributed by atoms with Crippen molar-refractivity contribution in [1.82, 2.24) is 9.97 Å². The van der Waals surface area contributed by atoms with Crippen LogP contribution in [0.5, 0.6) is 5.75 Å². The molecule has 4 rings (SSSR count). The predicted octanol–water partition coefficient (Wildman–Crippen LogP) is 2.44. The van der Waals surface area contributed by atoms with Crippen LogP contribution in [0.2, 0.25) is 0 Å². The van der Waals surface area contributed by atoms with Gasteiger partial charge < -0.3 is 15.0 Å². The number of hydrogen-bond donors (Lipinski definition) is 2. The molecule has 5 nitrogen and oxygen atoms in total. The molecule has 0 spiro atoms. The topological polar surface area (TPSA) is 67.0 Å². The van der Waals surface area contributed by atoms with E-state index in [1.54, 1.807) is 18.5 Å². The minimum atomic E-state index is -0.725. The third kappa shape index (κ3) is 1.64. The van der Waals surface area contributed by atoms with E-state index in [2.05, 4.69) is 21.4 Å². The number of amides is 1. The molecule has 1 aliphatic heterocycles. The molecule has 1 amide bonds. The van der Waals surface area contributed by atoms with E-state index in [4.69, 9.17) is 4.74 Å². The van der Waals surface area contributed by atoms with Gasteiger partial charge in [-0.05, 0) is 18.2 Å². The Hall–Kier alpha value is -2.82. The van der Waals surface area contributed by atoms with E-state index in [-0.39, 0.29) is 5.91 Å². The van der Waals surface area contributed by atoms with Crippen molar-refractivity contribution in [3.63, 3.8) is 0 Å². The number of fused-ring (bicyclic) bond motifs is 2. The molecule has 1 aromatic carbocycles. The number of carbonyl (C=O) groups is 1. The number of H-pyrrole nitrogens is 1. The number of nitrogens with one attached hydrogen (secondary N) is 2. The van der Waals surface area contributed by atoms with Crippen LogP contribution in [0.3, 0.4) is 0 Å². The fourth-order valence-electron chi connectivity index (χ4n) is 2.28. The summed E-state index contributed by atoms with van der Waals surface area (Å²) in [7, 11) is 0. The first kappa shape index (κ1) is 11.0. The second kappa shape index (κ2) is 4.09. The molecule has 2 N–H and O–H groups in total. The number of ether oxygens (including phenoxy) is 1. The van der Waals surface area contributed by atoms with Crippen molar-refractivity contribution < 1.29 is 9.53 Å². The van der Waals surface area contributed by atoms with Crippen LogP contribution in [0, 0.1) is 6.07 Å². The Labute approximate surface area is 114 Å². The summed E-state index contributed by atoms with van der Waals surface area (Å²) >= 11 is 0. The molecule has 0 fully saturated rings. The van der Waals surface area contributed by atoms with E-state index in [1.807, 2.05) is 24.3 Å². The molecule has 1 atom stereocenters. The lowest BCUT2D eigenvalue weighted by Crippen LogP contribution is -2.30. The van der Waals surface area contributed by atoms with Gasteiger partial charge in [0.05, 0.1) is 5.69 Å². The number of hydrogen-bond acceptors (Lipinski definition) is 3. The first-order valence-electron chi connectivity index (χ1n) is 6.23. The maximum atomic E-state index is 12.1. The molecule has 20 heavy (non-hydrogen) atoms. The molecule has 3 aromatic rings. The summed E-state index contributed by atoms with van der Waals surface area (Å²) < 4.78 is 5.76. The second-order valence-corrected chi connectivity index (χ2v) is 4.56. The van der Waals surface area contributed by atoms with Crippen molar-refractivity contribution >= 4 is 22.6 Å². The number of aromatic amines is 1. The molecule has 3 heterocycles. The molecular weight excluding hydrogens is 254 g/mol. The average molecular weight is 264 g/mol. The number of carbonyl (C=O) groups excluding carboxylic acids is 1. The van der Waals surface area contributed by atoms with Gasteiger partial charge in [-0.3, -0.25) is 4.79 Å². The lowest BCUT2D eigenvalue weighted by molar-refractivity contribution is -0.123. The Morgan fingerprint density at radius 3 is 3.10 bits per heavy atom. The van der Waals surface area contributed by atoms with Gasteiger partial charge in [-0.2, -0.15) is 0 Å². The fourth-order valence-corrected chi connectivity index (χ4v) is 2.28. The van der Waals surface area contributed by atoms with Crippen LogP contribution in [0.4, 0.5) is 5.69 Å². The molecule has 97 valence electrons. The van der Waals surface area contributed by atoms with E-state index >= 15 is 0 Å². The van der Waals surface area contributed by atoms with Crippen LogP contribution in [0.1, 0.15) is 11.7 Å². The van der Waals surface area contributed by atoms with E-state index in [1.165, 1.54) is 0 Å². The van der Waals surface area contributed by atoms with Crippen LogP contribution < -0.4 is 10.1 Å². The lowest BCUT2D eigenvalue weighted by atomic mass is 10.1.